The Hall–Kier alpha value is 1.29. The second-order valence-corrected chi connectivity index (χ2v) is 5.34. The zero-order chi connectivity index (χ0) is 12.9. The van der Waals surface area contributed by atoms with Crippen molar-refractivity contribution in [3.8, 4) is 11.1 Å². The van der Waals surface area contributed by atoms with E-state index in [1.54, 1.807) is 18.2 Å². The van der Waals surface area contributed by atoms with Crippen LogP contribution in [0, 0.1) is 6.07 Å². The van der Waals surface area contributed by atoms with Crippen molar-refractivity contribution in [2.75, 3.05) is 0 Å². The predicted octanol–water partition coefficient (Wildman–Crippen LogP) is -4.39. The van der Waals surface area contributed by atoms with E-state index in [4.69, 9.17) is 0 Å². The maximum absolute atomic E-state index is 12.1. The van der Waals surface area contributed by atoms with Gasteiger partial charge in [-0.2, -0.15) is 24.3 Å². The summed E-state index contributed by atoms with van der Waals surface area (Å²) in [5.74, 6) is -0.276. The van der Waals surface area contributed by atoms with Crippen LogP contribution in [0.25, 0.3) is 11.1 Å². The SMILES string of the molecule is O=C1c2c[c-]ccc2-c2ccc(S(=O)(=O)[O-])cc21.[K+].[K+]. The minimum Gasteiger partial charge on any atom is -0.744 e. The first-order valence-electron chi connectivity index (χ1n) is 5.13. The first-order chi connectivity index (χ1) is 8.48. The largest absolute Gasteiger partial charge is 1.00 e. The molecule has 0 atom stereocenters. The van der Waals surface area contributed by atoms with Gasteiger partial charge in [-0.15, -0.1) is 5.56 Å². The molecule has 2 aromatic rings. The molecule has 0 unspecified atom stereocenters. The summed E-state index contributed by atoms with van der Waals surface area (Å²) < 4.78 is 32.8. The number of hydrogen-bond acceptors (Lipinski definition) is 4. The molecule has 3 rings (SSSR count). The number of fused-ring (bicyclic) bond motifs is 3. The molecular weight excluding hydrogens is 330 g/mol. The van der Waals surface area contributed by atoms with Crippen LogP contribution in [0.2, 0.25) is 0 Å². The Balaban J connectivity index is 0.000001000. The summed E-state index contributed by atoms with van der Waals surface area (Å²) in [6, 6.07) is 11.6. The second kappa shape index (κ2) is 7.24. The first-order valence-corrected chi connectivity index (χ1v) is 6.54. The van der Waals surface area contributed by atoms with E-state index >= 15 is 0 Å². The van der Waals surface area contributed by atoms with Crippen LogP contribution in [-0.2, 0) is 10.1 Å². The van der Waals surface area contributed by atoms with E-state index in [1.165, 1.54) is 12.1 Å². The third-order valence-corrected chi connectivity index (χ3v) is 3.75. The van der Waals surface area contributed by atoms with E-state index < -0.39 is 10.1 Å². The summed E-state index contributed by atoms with van der Waals surface area (Å²) in [5, 5.41) is 0. The Kier molecular flexibility index (Phi) is 7.00. The van der Waals surface area contributed by atoms with Crippen molar-refractivity contribution in [3.63, 3.8) is 0 Å². The summed E-state index contributed by atoms with van der Waals surface area (Å²) in [7, 11) is -4.55. The number of carbonyl (C=O) groups excluding carboxylic acids is 1. The minimum atomic E-state index is -4.55. The molecule has 2 aromatic carbocycles. The van der Waals surface area contributed by atoms with Gasteiger partial charge in [-0.3, -0.25) is 0 Å². The number of hydrogen-bond donors (Lipinski definition) is 0. The van der Waals surface area contributed by atoms with Gasteiger partial charge in [0.2, 0.25) is 0 Å². The maximum Gasteiger partial charge on any atom is 1.00 e. The fourth-order valence-electron chi connectivity index (χ4n) is 2.10. The van der Waals surface area contributed by atoms with Gasteiger partial charge >= 0.3 is 103 Å². The maximum atomic E-state index is 12.1. The van der Waals surface area contributed by atoms with Gasteiger partial charge < -0.3 is 9.35 Å². The van der Waals surface area contributed by atoms with Gasteiger partial charge in [0.1, 0.15) is 15.9 Å². The molecule has 20 heavy (non-hydrogen) atoms. The molecule has 0 N–H and O–H groups in total. The van der Waals surface area contributed by atoms with Gasteiger partial charge in [0.15, 0.2) is 0 Å². The average Bonchev–Trinajstić information content (AvgIpc) is 2.63. The Labute approximate surface area is 201 Å². The van der Waals surface area contributed by atoms with E-state index in [0.29, 0.717) is 11.1 Å². The van der Waals surface area contributed by atoms with E-state index in [1.807, 2.05) is 0 Å². The zero-order valence-electron chi connectivity index (χ0n) is 11.0. The van der Waals surface area contributed by atoms with Gasteiger partial charge in [0, 0.05) is 5.56 Å². The molecule has 0 fully saturated rings. The number of carbonyl (C=O) groups is 1. The van der Waals surface area contributed by atoms with Crippen LogP contribution >= 0.6 is 0 Å². The van der Waals surface area contributed by atoms with E-state index in [9.17, 15) is 17.8 Å². The molecular formula is C13H6K2O4S. The van der Waals surface area contributed by atoms with Crippen molar-refractivity contribution in [1.82, 2.24) is 0 Å². The monoisotopic (exact) mass is 336 g/mol. The Morgan fingerprint density at radius 2 is 1.60 bits per heavy atom. The molecule has 0 amide bonds. The van der Waals surface area contributed by atoms with Crippen LogP contribution in [0.5, 0.6) is 0 Å². The van der Waals surface area contributed by atoms with Crippen LogP contribution in [0.15, 0.2) is 41.3 Å². The molecule has 0 saturated heterocycles. The molecule has 0 aliphatic heterocycles. The summed E-state index contributed by atoms with van der Waals surface area (Å²) in [4.78, 5) is 11.7. The molecule has 90 valence electrons. The fourth-order valence-corrected chi connectivity index (χ4v) is 2.60. The van der Waals surface area contributed by atoms with Gasteiger partial charge in [-0.1, -0.05) is 11.6 Å². The number of rotatable bonds is 1. The van der Waals surface area contributed by atoms with Crippen molar-refractivity contribution in [2.24, 2.45) is 0 Å². The Bertz CT molecular complexity index is 785. The summed E-state index contributed by atoms with van der Waals surface area (Å²) >= 11 is 0. The average molecular weight is 336 g/mol. The van der Waals surface area contributed by atoms with Gasteiger partial charge in [-0.25, -0.2) is 8.42 Å². The zero-order valence-corrected chi connectivity index (χ0v) is 18.1. The molecule has 0 spiro atoms. The Morgan fingerprint density at radius 1 is 0.950 bits per heavy atom. The third kappa shape index (κ3) is 3.44. The molecule has 0 saturated carbocycles. The van der Waals surface area contributed by atoms with Crippen LogP contribution in [-0.4, -0.2) is 18.8 Å². The van der Waals surface area contributed by atoms with Gasteiger partial charge in [0.05, 0.1) is 4.90 Å². The smallest absolute Gasteiger partial charge is 0.744 e. The molecule has 7 heteroatoms. The van der Waals surface area contributed by atoms with Crippen LogP contribution < -0.4 is 103 Å². The van der Waals surface area contributed by atoms with Crippen LogP contribution in [0.4, 0.5) is 0 Å². The second-order valence-electron chi connectivity index (χ2n) is 3.96. The first kappa shape index (κ1) is 19.3. The van der Waals surface area contributed by atoms with E-state index in [0.717, 1.165) is 11.6 Å². The molecule has 0 radical (unpaired) electrons. The summed E-state index contributed by atoms with van der Waals surface area (Å²) in [6.45, 7) is 0. The van der Waals surface area contributed by atoms with Crippen molar-refractivity contribution >= 4 is 15.9 Å². The van der Waals surface area contributed by atoms with Crippen LogP contribution in [0.3, 0.4) is 0 Å². The fraction of sp³-hybridized carbons (Fsp3) is 0. The standard InChI is InChI=1S/C13H7O4S.2K/c14-13-11-4-2-1-3-9(11)10-6-5-8(7-12(10)13)18(15,16)17;;/h1,3-7H,(H,15,16,17);;/q-1;2*+1/p-1. The van der Waals surface area contributed by atoms with E-state index in [2.05, 4.69) is 6.07 Å². The van der Waals surface area contributed by atoms with Gasteiger partial charge in [0.25, 0.3) is 0 Å². The summed E-state index contributed by atoms with van der Waals surface area (Å²) in [5.41, 5.74) is 2.12. The minimum absolute atomic E-state index is 0. The van der Waals surface area contributed by atoms with Crippen molar-refractivity contribution in [3.05, 3.63) is 53.6 Å². The third-order valence-electron chi connectivity index (χ3n) is 2.92. The molecule has 0 heterocycles. The predicted molar refractivity (Wildman–Crippen MR) is 62.1 cm³/mol. The molecule has 1 aliphatic rings. The quantitative estimate of drug-likeness (QED) is 0.256. The molecule has 4 nitrogen and oxygen atoms in total. The van der Waals surface area contributed by atoms with Gasteiger partial charge in [-0.05, 0) is 17.7 Å². The number of benzene rings is 2. The van der Waals surface area contributed by atoms with Crippen molar-refractivity contribution in [2.45, 2.75) is 4.90 Å². The topological polar surface area (TPSA) is 74.3 Å². The summed E-state index contributed by atoms with van der Waals surface area (Å²) in [6.07, 6.45) is 0. The molecule has 1 aliphatic carbocycles. The van der Waals surface area contributed by atoms with Crippen molar-refractivity contribution in [1.29, 1.82) is 0 Å². The number of ketones is 1. The van der Waals surface area contributed by atoms with Crippen molar-refractivity contribution < 1.29 is 121 Å². The normalized spacial score (nSPS) is 11.9. The Morgan fingerprint density at radius 3 is 2.25 bits per heavy atom. The molecule has 0 bridgehead atoms. The van der Waals surface area contributed by atoms with E-state index in [-0.39, 0.29) is 119 Å². The molecule has 0 aromatic heterocycles. The van der Waals surface area contributed by atoms with Crippen LogP contribution in [0.1, 0.15) is 15.9 Å².